The maximum absolute atomic E-state index is 11.9. The molecule has 0 fully saturated rings. The molecule has 0 spiro atoms. The summed E-state index contributed by atoms with van der Waals surface area (Å²) in [6.45, 7) is 3.70. The summed E-state index contributed by atoms with van der Waals surface area (Å²) < 4.78 is 0. The van der Waals surface area contributed by atoms with Crippen LogP contribution in [0.2, 0.25) is 0 Å². The Morgan fingerprint density at radius 1 is 0.958 bits per heavy atom. The van der Waals surface area contributed by atoms with Crippen molar-refractivity contribution in [3.05, 3.63) is 0 Å². The zero-order valence-corrected chi connectivity index (χ0v) is 15.7. The van der Waals surface area contributed by atoms with E-state index in [1.165, 1.54) is 57.8 Å². The van der Waals surface area contributed by atoms with E-state index in [0.717, 1.165) is 25.8 Å². The molecule has 142 valence electrons. The first kappa shape index (κ1) is 22.7. The molecule has 0 aliphatic heterocycles. The molecule has 0 aliphatic rings. The zero-order chi connectivity index (χ0) is 18.0. The molecule has 0 heterocycles. The molecule has 0 aromatic carbocycles. The molecule has 6 heteroatoms. The number of unbranched alkanes of at least 4 members (excludes halogenated alkanes) is 9. The maximum atomic E-state index is 11.9. The summed E-state index contributed by atoms with van der Waals surface area (Å²) in [7, 11) is 0. The first-order valence-electron chi connectivity index (χ1n) is 9.80. The smallest absolute Gasteiger partial charge is 0.338 e. The predicted octanol–water partition coefficient (Wildman–Crippen LogP) is -0.232. The summed E-state index contributed by atoms with van der Waals surface area (Å²) in [5.41, 5.74) is 14.5. The number of hydrogen-bond acceptors (Lipinski definition) is 1. The fourth-order valence-electron chi connectivity index (χ4n) is 2.68. The molecule has 0 radical (unpaired) electrons. The van der Waals surface area contributed by atoms with Gasteiger partial charge in [0.25, 0.3) is 5.91 Å². The first-order chi connectivity index (χ1) is 11.6. The number of quaternary nitrogens is 1. The first-order valence-corrected chi connectivity index (χ1v) is 9.80. The van der Waals surface area contributed by atoms with Crippen molar-refractivity contribution in [1.29, 1.82) is 0 Å². The maximum Gasteiger partial charge on any atom is 0.338 e. The van der Waals surface area contributed by atoms with Gasteiger partial charge < -0.3 is 11.1 Å². The fraction of sp³-hybridized carbons (Fsp3) is 0.889. The third kappa shape index (κ3) is 15.6. The molecular weight excluding hydrogens is 302 g/mol. The molecule has 1 unspecified atom stereocenters. The molecule has 0 saturated carbocycles. The van der Waals surface area contributed by atoms with Gasteiger partial charge in [0.2, 0.25) is 0 Å². The molecule has 0 aromatic heterocycles. The second-order valence-electron chi connectivity index (χ2n) is 6.69. The van der Waals surface area contributed by atoms with Gasteiger partial charge in [-0.1, -0.05) is 64.7 Å². The molecule has 1 amide bonds. The van der Waals surface area contributed by atoms with Crippen molar-refractivity contribution in [2.45, 2.75) is 90.0 Å². The van der Waals surface area contributed by atoms with Crippen LogP contribution in [0.3, 0.4) is 0 Å². The highest BCUT2D eigenvalue weighted by Crippen LogP contribution is 2.10. The number of nitrogens with two attached hydrogens (primary N) is 2. The van der Waals surface area contributed by atoms with Crippen molar-refractivity contribution in [2.24, 2.45) is 11.5 Å². The number of hydrogen-bond donors (Lipinski definition) is 5. The molecule has 0 aliphatic carbocycles. The summed E-state index contributed by atoms with van der Waals surface area (Å²) in [5, 5.41) is 2.98. The van der Waals surface area contributed by atoms with Gasteiger partial charge >= 0.3 is 5.96 Å². The number of nitrogens with one attached hydrogen (secondary N) is 2. The number of guanidine groups is 1. The summed E-state index contributed by atoms with van der Waals surface area (Å²) in [5.74, 6) is 0.275. The third-order valence-corrected chi connectivity index (χ3v) is 4.26. The highest BCUT2D eigenvalue weighted by Gasteiger charge is 2.15. The van der Waals surface area contributed by atoms with Crippen LogP contribution in [0.5, 0.6) is 0 Å². The number of carbonyl (C=O) groups excluding carboxylic acids is 1. The summed E-state index contributed by atoms with van der Waals surface area (Å²) in [6.07, 6.45) is 14.6. The summed E-state index contributed by atoms with van der Waals surface area (Å²) in [6, 6.07) is -0.200. The van der Waals surface area contributed by atoms with E-state index in [-0.39, 0.29) is 17.9 Å². The van der Waals surface area contributed by atoms with Crippen molar-refractivity contribution >= 4 is 11.9 Å². The van der Waals surface area contributed by atoms with Crippen molar-refractivity contribution in [3.8, 4) is 0 Å². The molecule has 9 N–H and O–H groups in total. The van der Waals surface area contributed by atoms with Crippen molar-refractivity contribution < 1.29 is 15.5 Å². The van der Waals surface area contributed by atoms with Crippen LogP contribution < -0.4 is 27.5 Å². The van der Waals surface area contributed by atoms with Crippen LogP contribution in [-0.4, -0.2) is 31.0 Å². The van der Waals surface area contributed by atoms with E-state index in [4.69, 9.17) is 11.5 Å². The summed E-state index contributed by atoms with van der Waals surface area (Å²) in [4.78, 5) is 14.7. The molecule has 6 nitrogen and oxygen atoms in total. The van der Waals surface area contributed by atoms with Crippen LogP contribution in [0.15, 0.2) is 0 Å². The molecule has 1 atom stereocenters. The van der Waals surface area contributed by atoms with Gasteiger partial charge in [0.05, 0.1) is 6.54 Å². The van der Waals surface area contributed by atoms with Gasteiger partial charge in [0.15, 0.2) is 6.04 Å². The second kappa shape index (κ2) is 16.6. The Balaban J connectivity index is 3.37. The SMILES string of the molecule is CCCCCCCCCCCCNC(=O)C([NH3+])CCC[NH+]=C(N)N. The minimum atomic E-state index is -0.200. The number of amides is 1. The van der Waals surface area contributed by atoms with E-state index in [2.05, 4.69) is 23.0 Å². The minimum Gasteiger partial charge on any atom is -0.351 e. The Hall–Kier alpha value is -1.30. The van der Waals surface area contributed by atoms with E-state index in [1.807, 2.05) is 0 Å². The quantitative estimate of drug-likeness (QED) is 0.151. The van der Waals surface area contributed by atoms with Crippen LogP contribution in [0.25, 0.3) is 0 Å². The average Bonchev–Trinajstić information content (AvgIpc) is 2.56. The van der Waals surface area contributed by atoms with Crippen LogP contribution in [-0.2, 0) is 4.79 Å². The van der Waals surface area contributed by atoms with Gasteiger partial charge in [0.1, 0.15) is 0 Å². The second-order valence-corrected chi connectivity index (χ2v) is 6.69. The van der Waals surface area contributed by atoms with Crippen molar-refractivity contribution in [1.82, 2.24) is 5.32 Å². The highest BCUT2D eigenvalue weighted by molar-refractivity contribution is 5.79. The minimum absolute atomic E-state index is 0.0515. The topological polar surface area (TPSA) is 123 Å². The van der Waals surface area contributed by atoms with Crippen LogP contribution in [0.4, 0.5) is 0 Å². The zero-order valence-electron chi connectivity index (χ0n) is 15.7. The monoisotopic (exact) mass is 343 g/mol. The van der Waals surface area contributed by atoms with E-state index >= 15 is 0 Å². The van der Waals surface area contributed by atoms with Crippen LogP contribution in [0, 0.1) is 0 Å². The van der Waals surface area contributed by atoms with Gasteiger partial charge in [-0.2, -0.15) is 0 Å². The van der Waals surface area contributed by atoms with Crippen molar-refractivity contribution in [3.63, 3.8) is 0 Å². The van der Waals surface area contributed by atoms with Gasteiger partial charge in [-0.05, 0) is 12.8 Å². The number of rotatable bonds is 16. The molecule has 0 saturated heterocycles. The summed E-state index contributed by atoms with van der Waals surface area (Å²) >= 11 is 0. The van der Waals surface area contributed by atoms with Crippen molar-refractivity contribution in [2.75, 3.05) is 13.1 Å². The Morgan fingerprint density at radius 3 is 2.04 bits per heavy atom. The van der Waals surface area contributed by atoms with Crippen LogP contribution in [0.1, 0.15) is 84.0 Å². The Bertz CT molecular complexity index is 329. The lowest BCUT2D eigenvalue weighted by Crippen LogP contribution is -2.78. The molecule has 0 bridgehead atoms. The fourth-order valence-corrected chi connectivity index (χ4v) is 2.68. The third-order valence-electron chi connectivity index (χ3n) is 4.26. The van der Waals surface area contributed by atoms with E-state index in [0.29, 0.717) is 6.54 Å². The molecular formula is C18H41N5O+2. The van der Waals surface area contributed by atoms with Gasteiger partial charge in [0, 0.05) is 13.0 Å². The lowest BCUT2D eigenvalue weighted by Gasteiger charge is -2.09. The molecule has 0 rings (SSSR count). The Kier molecular flexibility index (Phi) is 15.7. The Morgan fingerprint density at radius 2 is 1.50 bits per heavy atom. The normalized spacial score (nSPS) is 11.9. The van der Waals surface area contributed by atoms with Gasteiger partial charge in [-0.25, -0.2) is 0 Å². The lowest BCUT2D eigenvalue weighted by molar-refractivity contribution is -0.463. The van der Waals surface area contributed by atoms with Crippen LogP contribution >= 0.6 is 0 Å². The highest BCUT2D eigenvalue weighted by atomic mass is 16.2. The van der Waals surface area contributed by atoms with Gasteiger partial charge in [-0.3, -0.25) is 21.3 Å². The predicted molar refractivity (Wildman–Crippen MR) is 100.0 cm³/mol. The average molecular weight is 344 g/mol. The van der Waals surface area contributed by atoms with E-state index < -0.39 is 0 Å². The molecule has 24 heavy (non-hydrogen) atoms. The van der Waals surface area contributed by atoms with E-state index in [1.54, 1.807) is 0 Å². The standard InChI is InChI=1S/C18H39N5O/c1-2-3-4-5-6-7-8-9-10-11-14-22-17(24)16(19)13-12-15-23-18(20)21/h16H,2-15,19H2,1H3,(H,22,24)(H4,20,21,23)/p+2. The largest absolute Gasteiger partial charge is 0.351 e. The Labute approximate surface area is 148 Å². The lowest BCUT2D eigenvalue weighted by atomic mass is 10.1. The molecule has 0 aromatic rings. The number of carbonyl (C=O) groups is 1. The van der Waals surface area contributed by atoms with Gasteiger partial charge in [-0.15, -0.1) is 0 Å². The van der Waals surface area contributed by atoms with E-state index in [9.17, 15) is 4.79 Å².